The largest absolute Gasteiger partial charge is 0.392 e. The lowest BCUT2D eigenvalue weighted by atomic mass is 9.97. The lowest BCUT2D eigenvalue weighted by molar-refractivity contribution is -0.253. The van der Waals surface area contributed by atoms with Crippen molar-refractivity contribution in [3.05, 3.63) is 143 Å². The third-order valence-electron chi connectivity index (χ3n) is 9.94. The van der Waals surface area contributed by atoms with E-state index < -0.39 is 12.2 Å². The summed E-state index contributed by atoms with van der Waals surface area (Å²) in [6.07, 6.45) is 0.441. The number of aliphatic hydroxyl groups is 1. The fourth-order valence-electron chi connectivity index (χ4n) is 6.76. The zero-order valence-corrected chi connectivity index (χ0v) is 29.7. The molecule has 2 amide bonds. The van der Waals surface area contributed by atoms with Crippen molar-refractivity contribution in [2.45, 2.75) is 70.3 Å². The monoisotopic (exact) mass is 701 g/mol. The molecule has 4 unspecified atom stereocenters. The number of nitrogens with one attached hydrogen (secondary N) is 2. The van der Waals surface area contributed by atoms with Crippen molar-refractivity contribution in [3.8, 4) is 11.1 Å². The Balaban J connectivity index is 1.16. The molecule has 52 heavy (non-hydrogen) atoms. The average Bonchev–Trinajstić information content (AvgIpc) is 3.19. The van der Waals surface area contributed by atoms with Crippen molar-refractivity contribution in [3.63, 3.8) is 0 Å². The number of benzene rings is 5. The van der Waals surface area contributed by atoms with Gasteiger partial charge in [0.05, 0.1) is 18.8 Å². The Kier molecular flexibility index (Phi) is 12.4. The van der Waals surface area contributed by atoms with Gasteiger partial charge in [0.25, 0.3) is 0 Å². The zero-order chi connectivity index (χ0) is 36.5. The normalized spacial score (nSPS) is 17.9. The van der Waals surface area contributed by atoms with Gasteiger partial charge in [0.2, 0.25) is 11.8 Å². The van der Waals surface area contributed by atoms with E-state index in [2.05, 4.69) is 78.8 Å². The van der Waals surface area contributed by atoms with E-state index in [1.165, 1.54) is 16.3 Å². The molecule has 1 aliphatic heterocycles. The molecule has 0 aromatic heterocycles. The van der Waals surface area contributed by atoms with Crippen LogP contribution >= 0.6 is 0 Å². The highest BCUT2D eigenvalue weighted by Crippen LogP contribution is 2.39. The van der Waals surface area contributed by atoms with Crippen LogP contribution in [0.25, 0.3) is 21.9 Å². The van der Waals surface area contributed by atoms with Gasteiger partial charge in [-0.3, -0.25) is 19.7 Å². The maximum atomic E-state index is 12.4. The molecule has 0 spiro atoms. The van der Waals surface area contributed by atoms with Crippen LogP contribution in [0.4, 0.5) is 0 Å². The first-order valence-corrected chi connectivity index (χ1v) is 17.9. The molecule has 1 fully saturated rings. The summed E-state index contributed by atoms with van der Waals surface area (Å²) in [7, 11) is 2.14. The van der Waals surface area contributed by atoms with E-state index in [-0.39, 0.29) is 43.6 Å². The molecule has 9 heteroatoms. The topological polar surface area (TPSA) is 120 Å². The molecular weight excluding hydrogens is 654 g/mol. The second-order valence-corrected chi connectivity index (χ2v) is 13.5. The number of hydrogen-bond acceptors (Lipinski definition) is 7. The molecule has 0 bridgehead atoms. The number of carbonyl (C=O) groups excluding carboxylic acids is 2. The number of hydroxylamine groups is 1. The first-order chi connectivity index (χ1) is 25.3. The first kappa shape index (κ1) is 36.9. The Morgan fingerprint density at radius 3 is 2.27 bits per heavy atom. The Morgan fingerprint density at radius 1 is 0.827 bits per heavy atom. The van der Waals surface area contributed by atoms with E-state index in [4.69, 9.17) is 14.7 Å². The summed E-state index contributed by atoms with van der Waals surface area (Å²) in [5.74, 6) is -0.665. The van der Waals surface area contributed by atoms with Crippen molar-refractivity contribution >= 4 is 22.6 Å². The quantitative estimate of drug-likeness (QED) is 0.0698. The summed E-state index contributed by atoms with van der Waals surface area (Å²) in [6.45, 7) is 3.28. The number of fused-ring (bicyclic) bond motifs is 1. The average molecular weight is 702 g/mol. The predicted octanol–water partition coefficient (Wildman–Crippen LogP) is 7.53. The molecule has 1 saturated heterocycles. The number of amides is 2. The van der Waals surface area contributed by atoms with Crippen LogP contribution in [0.5, 0.6) is 0 Å². The van der Waals surface area contributed by atoms with E-state index >= 15 is 0 Å². The minimum absolute atomic E-state index is 0.00895. The van der Waals surface area contributed by atoms with Crippen LogP contribution in [0.3, 0.4) is 0 Å². The zero-order valence-electron chi connectivity index (χ0n) is 29.7. The van der Waals surface area contributed by atoms with Crippen LogP contribution in [-0.4, -0.2) is 46.7 Å². The lowest BCUT2D eigenvalue weighted by Crippen LogP contribution is -2.38. The van der Waals surface area contributed by atoms with Gasteiger partial charge in [-0.25, -0.2) is 5.48 Å². The number of likely N-dealkylation sites (N-methyl/N-ethyl adjacent to an activating group) is 1. The molecule has 0 aliphatic carbocycles. The van der Waals surface area contributed by atoms with Crippen molar-refractivity contribution in [2.75, 3.05) is 13.6 Å². The Morgan fingerprint density at radius 2 is 1.52 bits per heavy atom. The van der Waals surface area contributed by atoms with E-state index in [1.54, 1.807) is 5.48 Å². The Labute approximate surface area is 305 Å². The van der Waals surface area contributed by atoms with Gasteiger partial charge in [-0.1, -0.05) is 109 Å². The van der Waals surface area contributed by atoms with Crippen LogP contribution in [0.15, 0.2) is 115 Å². The van der Waals surface area contributed by atoms with E-state index in [0.29, 0.717) is 25.9 Å². The molecule has 270 valence electrons. The van der Waals surface area contributed by atoms with Gasteiger partial charge < -0.3 is 19.9 Å². The van der Waals surface area contributed by atoms with Crippen molar-refractivity contribution in [1.29, 1.82) is 0 Å². The summed E-state index contributed by atoms with van der Waals surface area (Å²) in [4.78, 5) is 26.0. The highest BCUT2D eigenvalue weighted by Gasteiger charge is 2.33. The molecule has 4 atom stereocenters. The van der Waals surface area contributed by atoms with Crippen LogP contribution in [0.1, 0.15) is 78.9 Å². The standard InChI is InChI=1S/C43H47N3O6/c1-29(35-23-18-31-8-3-4-9-36(31)24-35)46(2)27-38-25-40(33-16-14-30(28-47)15-17-33)52-43(51-38)34-21-19-32(20-22-34)39-11-6-5-10-37(39)26-44-41(48)12-7-13-42(49)45-50/h3-6,8-11,14-24,29,38,40,43,47,50H,7,12-13,25-28H2,1-2H3,(H,44,48)(H,45,49). The number of carbonyl (C=O) groups is 2. The summed E-state index contributed by atoms with van der Waals surface area (Å²) < 4.78 is 13.3. The van der Waals surface area contributed by atoms with Gasteiger partial charge in [-0.05, 0) is 70.6 Å². The van der Waals surface area contributed by atoms with Crippen molar-refractivity contribution in [2.24, 2.45) is 0 Å². The van der Waals surface area contributed by atoms with E-state index in [0.717, 1.165) is 33.4 Å². The smallest absolute Gasteiger partial charge is 0.243 e. The number of rotatable bonds is 14. The SMILES string of the molecule is CC(c1ccc2ccccc2c1)N(C)CC1CC(c2ccc(CO)cc2)OC(c2ccc(-c3ccccc3CNC(=O)CCCC(=O)NO)cc2)O1. The maximum absolute atomic E-state index is 12.4. The summed E-state index contributed by atoms with van der Waals surface area (Å²) in [5.41, 5.74) is 8.63. The van der Waals surface area contributed by atoms with Gasteiger partial charge in [0.15, 0.2) is 6.29 Å². The molecule has 4 N–H and O–H groups in total. The maximum Gasteiger partial charge on any atom is 0.243 e. The third kappa shape index (κ3) is 9.30. The summed E-state index contributed by atoms with van der Waals surface area (Å²) >= 11 is 0. The van der Waals surface area contributed by atoms with Gasteiger partial charge in [-0.15, -0.1) is 0 Å². The van der Waals surface area contributed by atoms with Gasteiger partial charge in [0, 0.05) is 44.0 Å². The summed E-state index contributed by atoms with van der Waals surface area (Å²) in [6, 6.07) is 39.3. The van der Waals surface area contributed by atoms with E-state index in [9.17, 15) is 14.7 Å². The molecule has 0 radical (unpaired) electrons. The van der Waals surface area contributed by atoms with Gasteiger partial charge >= 0.3 is 0 Å². The second-order valence-electron chi connectivity index (χ2n) is 13.5. The van der Waals surface area contributed by atoms with Gasteiger partial charge in [-0.2, -0.15) is 0 Å². The number of nitrogens with zero attached hydrogens (tertiary/aromatic N) is 1. The van der Waals surface area contributed by atoms with E-state index in [1.807, 2.05) is 60.7 Å². The highest BCUT2D eigenvalue weighted by atomic mass is 16.7. The predicted molar refractivity (Wildman–Crippen MR) is 201 cm³/mol. The molecule has 5 aromatic rings. The molecular formula is C43H47N3O6. The Bertz CT molecular complexity index is 1950. The molecule has 6 rings (SSSR count). The molecule has 1 aliphatic rings. The van der Waals surface area contributed by atoms with Crippen molar-refractivity contribution < 1.29 is 29.4 Å². The molecule has 0 saturated carbocycles. The second kappa shape index (κ2) is 17.5. The summed E-state index contributed by atoms with van der Waals surface area (Å²) in [5, 5.41) is 23.7. The minimum atomic E-state index is -0.581. The molecule has 1 heterocycles. The van der Waals surface area contributed by atoms with Crippen LogP contribution < -0.4 is 10.8 Å². The molecule has 5 aromatic carbocycles. The highest BCUT2D eigenvalue weighted by molar-refractivity contribution is 5.83. The fourth-order valence-corrected chi connectivity index (χ4v) is 6.76. The Hall–Kier alpha value is -4.90. The third-order valence-corrected chi connectivity index (χ3v) is 9.94. The van der Waals surface area contributed by atoms with Crippen LogP contribution in [-0.2, 0) is 32.2 Å². The molecule has 9 nitrogen and oxygen atoms in total. The van der Waals surface area contributed by atoms with Crippen LogP contribution in [0, 0.1) is 0 Å². The number of ether oxygens (including phenoxy) is 2. The van der Waals surface area contributed by atoms with Gasteiger partial charge in [0.1, 0.15) is 0 Å². The fraction of sp³-hybridized carbons (Fsp3) is 0.302. The number of aliphatic hydroxyl groups excluding tert-OH is 1. The van der Waals surface area contributed by atoms with Crippen LogP contribution in [0.2, 0.25) is 0 Å². The first-order valence-electron chi connectivity index (χ1n) is 17.9. The minimum Gasteiger partial charge on any atom is -0.392 e. The lowest BCUT2D eigenvalue weighted by Gasteiger charge is -2.39. The van der Waals surface area contributed by atoms with Crippen molar-refractivity contribution in [1.82, 2.24) is 15.7 Å². The number of hydrogen-bond donors (Lipinski definition) is 4.